The number of carboxylic acids is 1. The molecule has 1 fully saturated rings. The summed E-state index contributed by atoms with van der Waals surface area (Å²) in [5.74, 6) is -0.710. The molecule has 0 aromatic heterocycles. The molecule has 1 amide bonds. The third-order valence-electron chi connectivity index (χ3n) is 4.05. The van der Waals surface area contributed by atoms with Gasteiger partial charge in [0.05, 0.1) is 5.56 Å². The summed E-state index contributed by atoms with van der Waals surface area (Å²) >= 11 is 0. The van der Waals surface area contributed by atoms with E-state index in [1.807, 2.05) is 0 Å². The summed E-state index contributed by atoms with van der Waals surface area (Å²) in [6.07, 6.45) is 5.74. The topological polar surface area (TPSA) is 66.4 Å². The van der Waals surface area contributed by atoms with Gasteiger partial charge in [0, 0.05) is 11.6 Å². The molecule has 4 heteroatoms. The lowest BCUT2D eigenvalue weighted by Gasteiger charge is -2.22. The van der Waals surface area contributed by atoms with Crippen molar-refractivity contribution in [2.24, 2.45) is 5.92 Å². The summed E-state index contributed by atoms with van der Waals surface area (Å²) < 4.78 is 0. The number of benzene rings is 1. The molecule has 4 nitrogen and oxygen atoms in total. The summed E-state index contributed by atoms with van der Waals surface area (Å²) in [5, 5.41) is 12.0. The number of carboxylic acid groups (broad SMARTS) is 1. The Kier molecular flexibility index (Phi) is 4.77. The Hall–Kier alpha value is -1.84. The maximum absolute atomic E-state index is 12.2. The second-order valence-corrected chi connectivity index (χ2v) is 5.58. The molecule has 1 aliphatic rings. The lowest BCUT2D eigenvalue weighted by Crippen LogP contribution is -2.38. The minimum atomic E-state index is -1.01. The molecule has 0 saturated heterocycles. The molecule has 0 aliphatic heterocycles. The van der Waals surface area contributed by atoms with Gasteiger partial charge in [-0.3, -0.25) is 4.79 Å². The van der Waals surface area contributed by atoms with Crippen LogP contribution in [-0.2, 0) is 0 Å². The second-order valence-electron chi connectivity index (χ2n) is 5.58. The molecule has 108 valence electrons. The van der Waals surface area contributed by atoms with Crippen LogP contribution in [0, 0.1) is 5.92 Å². The summed E-state index contributed by atoms with van der Waals surface area (Å²) in [6, 6.07) is 6.38. The van der Waals surface area contributed by atoms with Crippen molar-refractivity contribution in [2.45, 2.75) is 45.1 Å². The predicted molar refractivity (Wildman–Crippen MR) is 76.9 cm³/mol. The lowest BCUT2D eigenvalue weighted by molar-refractivity contribution is 0.0697. The molecule has 20 heavy (non-hydrogen) atoms. The molecular formula is C16H21NO3. The Morgan fingerprint density at radius 3 is 2.60 bits per heavy atom. The largest absolute Gasteiger partial charge is 0.478 e. The van der Waals surface area contributed by atoms with Crippen LogP contribution in [0.3, 0.4) is 0 Å². The Bertz CT molecular complexity index is 498. The van der Waals surface area contributed by atoms with Crippen molar-refractivity contribution in [1.82, 2.24) is 5.32 Å². The Labute approximate surface area is 119 Å². The third-order valence-corrected chi connectivity index (χ3v) is 4.05. The van der Waals surface area contributed by atoms with Gasteiger partial charge in [-0.25, -0.2) is 4.79 Å². The van der Waals surface area contributed by atoms with Gasteiger partial charge in [-0.1, -0.05) is 32.3 Å². The van der Waals surface area contributed by atoms with Crippen molar-refractivity contribution in [3.63, 3.8) is 0 Å². The van der Waals surface area contributed by atoms with E-state index in [2.05, 4.69) is 12.2 Å². The molecule has 0 spiro atoms. The van der Waals surface area contributed by atoms with Gasteiger partial charge >= 0.3 is 5.97 Å². The van der Waals surface area contributed by atoms with Crippen LogP contribution in [0.5, 0.6) is 0 Å². The summed E-state index contributed by atoms with van der Waals surface area (Å²) in [7, 11) is 0. The Morgan fingerprint density at radius 1 is 1.15 bits per heavy atom. The fourth-order valence-corrected chi connectivity index (χ4v) is 2.75. The zero-order chi connectivity index (χ0) is 14.5. The molecule has 1 aliphatic carbocycles. The minimum absolute atomic E-state index is 0.145. The van der Waals surface area contributed by atoms with Crippen LogP contribution in [-0.4, -0.2) is 23.0 Å². The van der Waals surface area contributed by atoms with Crippen molar-refractivity contribution >= 4 is 11.9 Å². The highest BCUT2D eigenvalue weighted by Gasteiger charge is 2.22. The Balaban J connectivity index is 2.07. The highest BCUT2D eigenvalue weighted by atomic mass is 16.4. The predicted octanol–water partition coefficient (Wildman–Crippen LogP) is 3.08. The van der Waals surface area contributed by atoms with Crippen LogP contribution < -0.4 is 5.32 Å². The van der Waals surface area contributed by atoms with E-state index in [0.29, 0.717) is 11.5 Å². The van der Waals surface area contributed by atoms with Crippen LogP contribution >= 0.6 is 0 Å². The highest BCUT2D eigenvalue weighted by molar-refractivity contribution is 5.97. The maximum Gasteiger partial charge on any atom is 0.335 e. The second kappa shape index (κ2) is 6.55. The zero-order valence-electron chi connectivity index (χ0n) is 11.8. The van der Waals surface area contributed by atoms with E-state index in [4.69, 9.17) is 5.11 Å². The smallest absolute Gasteiger partial charge is 0.335 e. The first kappa shape index (κ1) is 14.6. The number of aromatic carboxylic acids is 1. The number of hydrogen-bond donors (Lipinski definition) is 2. The average molecular weight is 275 g/mol. The molecule has 2 N–H and O–H groups in total. The number of nitrogens with one attached hydrogen (secondary N) is 1. The van der Waals surface area contributed by atoms with Crippen LogP contribution in [0.25, 0.3) is 0 Å². The molecule has 1 saturated carbocycles. The number of hydrogen-bond acceptors (Lipinski definition) is 2. The lowest BCUT2D eigenvalue weighted by atomic mass is 9.96. The monoisotopic (exact) mass is 275 g/mol. The van der Waals surface area contributed by atoms with Crippen molar-refractivity contribution < 1.29 is 14.7 Å². The van der Waals surface area contributed by atoms with Crippen molar-refractivity contribution in [3.05, 3.63) is 35.4 Å². The van der Waals surface area contributed by atoms with Gasteiger partial charge in [0.25, 0.3) is 5.91 Å². The van der Waals surface area contributed by atoms with Gasteiger partial charge in [-0.2, -0.15) is 0 Å². The summed E-state index contributed by atoms with van der Waals surface area (Å²) in [5.41, 5.74) is 0.563. The van der Waals surface area contributed by atoms with E-state index in [-0.39, 0.29) is 17.5 Å². The van der Waals surface area contributed by atoms with E-state index < -0.39 is 5.97 Å². The molecule has 0 radical (unpaired) electrons. The molecule has 2 atom stereocenters. The molecular weight excluding hydrogens is 254 g/mol. The quantitative estimate of drug-likeness (QED) is 0.833. The molecule has 2 unspecified atom stereocenters. The van der Waals surface area contributed by atoms with Gasteiger partial charge in [0.2, 0.25) is 0 Å². The standard InChI is InChI=1S/C16H21NO3/c1-11-6-3-2-4-9-14(11)17-15(18)12-7-5-8-13(10-12)16(19)20/h5,7-8,10-11,14H,2-4,6,9H2,1H3,(H,17,18)(H,19,20). The minimum Gasteiger partial charge on any atom is -0.478 e. The van der Waals surface area contributed by atoms with E-state index in [1.165, 1.54) is 25.0 Å². The van der Waals surface area contributed by atoms with Gasteiger partial charge < -0.3 is 10.4 Å². The third kappa shape index (κ3) is 3.59. The Morgan fingerprint density at radius 2 is 1.85 bits per heavy atom. The maximum atomic E-state index is 12.2. The van der Waals surface area contributed by atoms with Crippen LogP contribution in [0.1, 0.15) is 59.7 Å². The number of amides is 1. The first-order valence-electron chi connectivity index (χ1n) is 7.22. The normalized spacial score (nSPS) is 22.9. The number of carbonyl (C=O) groups excluding carboxylic acids is 1. The fourth-order valence-electron chi connectivity index (χ4n) is 2.75. The van der Waals surface area contributed by atoms with E-state index in [9.17, 15) is 9.59 Å². The highest BCUT2D eigenvalue weighted by Crippen LogP contribution is 2.23. The molecule has 0 bridgehead atoms. The van der Waals surface area contributed by atoms with Crippen molar-refractivity contribution in [1.29, 1.82) is 0 Å². The zero-order valence-corrected chi connectivity index (χ0v) is 11.8. The van der Waals surface area contributed by atoms with Crippen LogP contribution in [0.15, 0.2) is 24.3 Å². The van der Waals surface area contributed by atoms with Gasteiger partial charge in [0.1, 0.15) is 0 Å². The SMILES string of the molecule is CC1CCCCCC1NC(=O)c1cccc(C(=O)O)c1. The summed E-state index contributed by atoms with van der Waals surface area (Å²) in [4.78, 5) is 23.2. The van der Waals surface area contributed by atoms with E-state index >= 15 is 0 Å². The number of carbonyl (C=O) groups is 2. The van der Waals surface area contributed by atoms with Gasteiger partial charge in [0.15, 0.2) is 0 Å². The number of rotatable bonds is 3. The van der Waals surface area contributed by atoms with Gasteiger partial charge in [-0.15, -0.1) is 0 Å². The van der Waals surface area contributed by atoms with Crippen LogP contribution in [0.4, 0.5) is 0 Å². The van der Waals surface area contributed by atoms with E-state index in [0.717, 1.165) is 19.3 Å². The average Bonchev–Trinajstić information content (AvgIpc) is 2.64. The van der Waals surface area contributed by atoms with Gasteiger partial charge in [-0.05, 0) is 37.0 Å². The van der Waals surface area contributed by atoms with Crippen molar-refractivity contribution in [2.75, 3.05) is 0 Å². The van der Waals surface area contributed by atoms with E-state index in [1.54, 1.807) is 12.1 Å². The first-order chi connectivity index (χ1) is 9.58. The van der Waals surface area contributed by atoms with Crippen LogP contribution in [0.2, 0.25) is 0 Å². The summed E-state index contributed by atoms with van der Waals surface area (Å²) in [6.45, 7) is 2.17. The molecule has 0 heterocycles. The first-order valence-corrected chi connectivity index (χ1v) is 7.22. The molecule has 2 rings (SSSR count). The molecule has 1 aromatic carbocycles. The van der Waals surface area contributed by atoms with Crippen molar-refractivity contribution in [3.8, 4) is 0 Å². The molecule has 1 aromatic rings. The fraction of sp³-hybridized carbons (Fsp3) is 0.500.